The van der Waals surface area contributed by atoms with Gasteiger partial charge in [0.25, 0.3) is 20.4 Å². The molecule has 2 aliphatic rings. The van der Waals surface area contributed by atoms with Crippen molar-refractivity contribution in [3.63, 3.8) is 0 Å². The number of benzene rings is 2. The second-order valence-corrected chi connectivity index (χ2v) is 11.7. The molecule has 0 bridgehead atoms. The predicted molar refractivity (Wildman–Crippen MR) is 128 cm³/mol. The number of ether oxygens (including phenoxy) is 4. The van der Waals surface area contributed by atoms with Crippen LogP contribution in [0.3, 0.4) is 0 Å². The van der Waals surface area contributed by atoms with E-state index in [1.165, 1.54) is 28.4 Å². The third kappa shape index (κ3) is 4.78. The van der Waals surface area contributed by atoms with Crippen LogP contribution in [-0.2, 0) is 46.3 Å². The van der Waals surface area contributed by atoms with Crippen molar-refractivity contribution < 1.29 is 35.8 Å². The molecule has 0 spiro atoms. The first-order valence-corrected chi connectivity index (χ1v) is 13.8. The molecule has 0 amide bonds. The molecular formula is C22H29N3O8S2. The van der Waals surface area contributed by atoms with Crippen molar-refractivity contribution in [2.24, 2.45) is 0 Å². The normalized spacial score (nSPS) is 16.8. The molecule has 13 heteroatoms. The minimum atomic E-state index is -4.38. The quantitative estimate of drug-likeness (QED) is 0.544. The van der Waals surface area contributed by atoms with E-state index < -0.39 is 20.4 Å². The molecule has 35 heavy (non-hydrogen) atoms. The van der Waals surface area contributed by atoms with Crippen LogP contribution in [0.2, 0.25) is 0 Å². The van der Waals surface area contributed by atoms with Crippen molar-refractivity contribution in [3.05, 3.63) is 46.5 Å². The topological polar surface area (TPSA) is 124 Å². The zero-order valence-corrected chi connectivity index (χ0v) is 21.7. The largest absolute Gasteiger partial charge is 0.493 e. The Kier molecular flexibility index (Phi) is 7.16. The van der Waals surface area contributed by atoms with Crippen LogP contribution >= 0.6 is 0 Å². The maximum Gasteiger partial charge on any atom is 0.293 e. The molecule has 0 fully saturated rings. The van der Waals surface area contributed by atoms with Gasteiger partial charge in [-0.15, -0.1) is 0 Å². The predicted octanol–water partition coefficient (Wildman–Crippen LogP) is 1.22. The Bertz CT molecular complexity index is 1230. The summed E-state index contributed by atoms with van der Waals surface area (Å²) in [7, 11) is -2.81. The lowest BCUT2D eigenvalue weighted by Gasteiger charge is -2.32. The highest BCUT2D eigenvalue weighted by atomic mass is 32.3. The minimum absolute atomic E-state index is 0.0472. The van der Waals surface area contributed by atoms with Crippen molar-refractivity contribution >= 4 is 20.4 Å². The first-order chi connectivity index (χ1) is 16.6. The standard InChI is InChI=1S/C22H29N3O8S2/c1-30-19-7-5-15-9-11-24(13-17(15)21(19)32-3)34(26,27)23-35(28,29)25-12-10-16-6-8-20(31-2)22(33-4)18(16)14-25/h5-8,23H,9-14H2,1-4H3. The Morgan fingerprint density at radius 3 is 1.40 bits per heavy atom. The van der Waals surface area contributed by atoms with Crippen LogP contribution in [0.15, 0.2) is 24.3 Å². The van der Waals surface area contributed by atoms with E-state index in [0.717, 1.165) is 19.7 Å². The highest BCUT2D eigenvalue weighted by Gasteiger charge is 2.37. The fourth-order valence-corrected chi connectivity index (χ4v) is 7.70. The van der Waals surface area contributed by atoms with Crippen molar-refractivity contribution in [1.29, 1.82) is 0 Å². The molecule has 2 aliphatic heterocycles. The van der Waals surface area contributed by atoms with Gasteiger partial charge in [0.15, 0.2) is 23.0 Å². The third-order valence-corrected chi connectivity index (χ3v) is 9.98. The van der Waals surface area contributed by atoms with Crippen LogP contribution in [0, 0.1) is 0 Å². The SMILES string of the molecule is COc1ccc2c(c1OC)CN(S(=O)(=O)NS(=O)(=O)N1CCc3ccc(OC)c(OC)c3C1)CC2. The fourth-order valence-electron chi connectivity index (χ4n) is 4.53. The van der Waals surface area contributed by atoms with Crippen molar-refractivity contribution in [1.82, 2.24) is 12.7 Å². The summed E-state index contributed by atoms with van der Waals surface area (Å²) < 4.78 is 78.3. The van der Waals surface area contributed by atoms with Gasteiger partial charge < -0.3 is 18.9 Å². The third-order valence-electron chi connectivity index (χ3n) is 6.31. The van der Waals surface area contributed by atoms with Gasteiger partial charge in [-0.25, -0.2) is 0 Å². The average Bonchev–Trinajstić information content (AvgIpc) is 2.85. The van der Waals surface area contributed by atoms with E-state index >= 15 is 0 Å². The molecule has 0 aromatic heterocycles. The van der Waals surface area contributed by atoms with Crippen LogP contribution < -0.4 is 23.1 Å². The maximum absolute atomic E-state index is 13.2. The monoisotopic (exact) mass is 527 g/mol. The number of methoxy groups -OCH3 is 4. The number of rotatable bonds is 8. The molecule has 1 N–H and O–H groups in total. The number of fused-ring (bicyclic) bond motifs is 2. The molecule has 0 unspecified atom stereocenters. The summed E-state index contributed by atoms with van der Waals surface area (Å²) in [6.45, 7) is 0.158. The zero-order chi connectivity index (χ0) is 25.4. The summed E-state index contributed by atoms with van der Waals surface area (Å²) in [5.41, 5.74) is 3.13. The smallest absolute Gasteiger partial charge is 0.293 e. The van der Waals surface area contributed by atoms with E-state index in [9.17, 15) is 16.8 Å². The Morgan fingerprint density at radius 2 is 1.06 bits per heavy atom. The van der Waals surface area contributed by atoms with E-state index in [-0.39, 0.29) is 26.2 Å². The molecule has 2 aromatic carbocycles. The number of hydrogen-bond donors (Lipinski definition) is 1. The van der Waals surface area contributed by atoms with E-state index in [4.69, 9.17) is 18.9 Å². The Hall–Kier alpha value is -2.58. The molecule has 0 saturated carbocycles. The van der Waals surface area contributed by atoms with Crippen LogP contribution in [-0.4, -0.2) is 67.0 Å². The summed E-state index contributed by atoms with van der Waals surface area (Å²) in [6.07, 6.45) is 0.815. The van der Waals surface area contributed by atoms with Gasteiger partial charge in [0.05, 0.1) is 28.4 Å². The van der Waals surface area contributed by atoms with Gasteiger partial charge in [-0.1, -0.05) is 16.3 Å². The van der Waals surface area contributed by atoms with Crippen LogP contribution in [0.5, 0.6) is 23.0 Å². The van der Waals surface area contributed by atoms with E-state index in [0.29, 0.717) is 47.0 Å². The number of nitrogens with zero attached hydrogens (tertiary/aromatic N) is 2. The lowest BCUT2D eigenvalue weighted by Crippen LogP contribution is -2.51. The van der Waals surface area contributed by atoms with Gasteiger partial charge >= 0.3 is 0 Å². The van der Waals surface area contributed by atoms with Crippen molar-refractivity contribution in [2.45, 2.75) is 25.9 Å². The molecule has 0 atom stereocenters. The highest BCUT2D eigenvalue weighted by Crippen LogP contribution is 2.38. The summed E-state index contributed by atoms with van der Waals surface area (Å²) in [6, 6.07) is 7.25. The van der Waals surface area contributed by atoms with Gasteiger partial charge in [-0.2, -0.15) is 25.4 Å². The number of hydrogen-bond acceptors (Lipinski definition) is 8. The molecule has 2 heterocycles. The minimum Gasteiger partial charge on any atom is -0.493 e. The average molecular weight is 528 g/mol. The van der Waals surface area contributed by atoms with Gasteiger partial charge in [0.1, 0.15) is 0 Å². The molecular weight excluding hydrogens is 498 g/mol. The Morgan fingerprint density at radius 1 is 0.657 bits per heavy atom. The van der Waals surface area contributed by atoms with E-state index in [1.807, 2.05) is 16.3 Å². The lowest BCUT2D eigenvalue weighted by atomic mass is 9.99. The van der Waals surface area contributed by atoms with E-state index in [1.54, 1.807) is 12.1 Å². The second kappa shape index (κ2) is 9.82. The second-order valence-electron chi connectivity index (χ2n) is 8.14. The lowest BCUT2D eigenvalue weighted by molar-refractivity contribution is 0.331. The van der Waals surface area contributed by atoms with Gasteiger partial charge in [-0.05, 0) is 36.1 Å². The first-order valence-electron chi connectivity index (χ1n) is 10.9. The fraction of sp³-hybridized carbons (Fsp3) is 0.455. The summed E-state index contributed by atoms with van der Waals surface area (Å²) in [4.78, 5) is 0. The molecule has 0 saturated heterocycles. The van der Waals surface area contributed by atoms with Crippen molar-refractivity contribution in [3.8, 4) is 23.0 Å². The molecule has 0 radical (unpaired) electrons. The van der Waals surface area contributed by atoms with Crippen LogP contribution in [0.25, 0.3) is 0 Å². The van der Waals surface area contributed by atoms with Gasteiger partial charge in [0, 0.05) is 37.3 Å². The molecule has 4 rings (SSSR count). The number of nitrogens with one attached hydrogen (secondary N) is 1. The van der Waals surface area contributed by atoms with Crippen LogP contribution in [0.4, 0.5) is 0 Å². The summed E-state index contributed by atoms with van der Waals surface area (Å²) in [5, 5.41) is 0. The van der Waals surface area contributed by atoms with Gasteiger partial charge in [0.2, 0.25) is 0 Å². The van der Waals surface area contributed by atoms with Gasteiger partial charge in [-0.3, -0.25) is 0 Å². The van der Waals surface area contributed by atoms with Crippen molar-refractivity contribution in [2.75, 3.05) is 41.5 Å². The zero-order valence-electron chi connectivity index (χ0n) is 20.0. The van der Waals surface area contributed by atoms with E-state index in [2.05, 4.69) is 0 Å². The maximum atomic E-state index is 13.2. The Balaban J connectivity index is 1.57. The first kappa shape index (κ1) is 25.5. The molecule has 11 nitrogen and oxygen atoms in total. The molecule has 0 aliphatic carbocycles. The Labute approximate surface area is 205 Å². The molecule has 2 aromatic rings. The summed E-state index contributed by atoms with van der Waals surface area (Å²) >= 11 is 0. The summed E-state index contributed by atoms with van der Waals surface area (Å²) in [5.74, 6) is 1.81. The molecule has 192 valence electrons. The highest BCUT2D eigenvalue weighted by molar-refractivity contribution is 8.02. The van der Waals surface area contributed by atoms with Crippen LogP contribution in [0.1, 0.15) is 22.3 Å².